The lowest BCUT2D eigenvalue weighted by atomic mass is 10.1. The molecule has 0 aromatic heterocycles. The number of nitrogens with one attached hydrogen (secondary N) is 1. The van der Waals surface area contributed by atoms with Crippen molar-refractivity contribution in [2.75, 3.05) is 6.54 Å². The Balaban J connectivity index is 2.63. The summed E-state index contributed by atoms with van der Waals surface area (Å²) in [7, 11) is 0. The number of hydrogen-bond acceptors (Lipinski definition) is 2. The van der Waals surface area contributed by atoms with Crippen molar-refractivity contribution in [3.8, 4) is 0 Å². The number of allylic oxidation sites excluding steroid dienone is 2. The Morgan fingerprint density at radius 1 is 1.78 bits per heavy atom. The second-order valence-electron chi connectivity index (χ2n) is 2.04. The third-order valence-corrected chi connectivity index (χ3v) is 1.38. The molecule has 1 rings (SSSR count). The summed E-state index contributed by atoms with van der Waals surface area (Å²) in [5.41, 5.74) is 1.20. The van der Waals surface area contributed by atoms with Crippen molar-refractivity contribution in [1.82, 2.24) is 5.32 Å². The molecule has 0 aromatic carbocycles. The molecule has 0 bridgehead atoms. The summed E-state index contributed by atoms with van der Waals surface area (Å²) in [5, 5.41) is 11.7. The normalized spacial score (nSPS) is 17.9. The first-order valence-corrected chi connectivity index (χ1v) is 3.16. The SMILES string of the molecule is CCC1=CCNC(O)=C1. The van der Waals surface area contributed by atoms with Crippen molar-refractivity contribution in [1.29, 1.82) is 0 Å². The number of rotatable bonds is 1. The van der Waals surface area contributed by atoms with Crippen molar-refractivity contribution in [2.45, 2.75) is 13.3 Å². The lowest BCUT2D eigenvalue weighted by molar-refractivity contribution is 0.367. The topological polar surface area (TPSA) is 32.3 Å². The maximum Gasteiger partial charge on any atom is 0.184 e. The van der Waals surface area contributed by atoms with Crippen molar-refractivity contribution in [2.24, 2.45) is 0 Å². The van der Waals surface area contributed by atoms with Gasteiger partial charge in [0.25, 0.3) is 0 Å². The Morgan fingerprint density at radius 2 is 2.56 bits per heavy atom. The Labute approximate surface area is 54.9 Å². The van der Waals surface area contributed by atoms with Crippen molar-refractivity contribution in [3.63, 3.8) is 0 Å². The highest BCUT2D eigenvalue weighted by atomic mass is 16.3. The zero-order valence-corrected chi connectivity index (χ0v) is 5.52. The molecule has 0 atom stereocenters. The van der Waals surface area contributed by atoms with Crippen LogP contribution in [0.5, 0.6) is 0 Å². The lowest BCUT2D eigenvalue weighted by Crippen LogP contribution is -2.16. The number of aliphatic hydroxyl groups excluding tert-OH is 1. The van der Waals surface area contributed by atoms with E-state index in [1.54, 1.807) is 6.08 Å². The van der Waals surface area contributed by atoms with E-state index in [0.717, 1.165) is 13.0 Å². The van der Waals surface area contributed by atoms with Crippen molar-refractivity contribution >= 4 is 0 Å². The summed E-state index contributed by atoms with van der Waals surface area (Å²) in [6.07, 6.45) is 4.81. The van der Waals surface area contributed by atoms with Gasteiger partial charge in [-0.15, -0.1) is 0 Å². The molecule has 0 amide bonds. The molecular formula is C7H11NO. The van der Waals surface area contributed by atoms with Crippen LogP contribution in [0.15, 0.2) is 23.6 Å². The van der Waals surface area contributed by atoms with Gasteiger partial charge in [0, 0.05) is 12.6 Å². The Bertz CT molecular complexity index is 158. The van der Waals surface area contributed by atoms with Gasteiger partial charge in [0.1, 0.15) is 0 Å². The molecular weight excluding hydrogens is 114 g/mol. The molecule has 0 unspecified atom stereocenters. The van der Waals surface area contributed by atoms with E-state index in [-0.39, 0.29) is 5.88 Å². The zero-order valence-electron chi connectivity index (χ0n) is 5.52. The number of aliphatic hydroxyl groups is 1. The Morgan fingerprint density at radius 3 is 3.00 bits per heavy atom. The van der Waals surface area contributed by atoms with Gasteiger partial charge in [-0.3, -0.25) is 0 Å². The van der Waals surface area contributed by atoms with Gasteiger partial charge in [-0.25, -0.2) is 0 Å². The molecule has 0 aromatic rings. The van der Waals surface area contributed by atoms with Gasteiger partial charge in [-0.1, -0.05) is 13.0 Å². The second-order valence-corrected chi connectivity index (χ2v) is 2.04. The molecule has 1 aliphatic heterocycles. The van der Waals surface area contributed by atoms with E-state index >= 15 is 0 Å². The van der Waals surface area contributed by atoms with E-state index in [0.29, 0.717) is 0 Å². The smallest absolute Gasteiger partial charge is 0.184 e. The minimum atomic E-state index is 0.286. The molecule has 2 N–H and O–H groups in total. The molecule has 0 fully saturated rings. The summed E-state index contributed by atoms with van der Waals surface area (Å²) in [4.78, 5) is 0. The second kappa shape index (κ2) is 2.58. The molecule has 2 nitrogen and oxygen atoms in total. The average molecular weight is 125 g/mol. The first-order chi connectivity index (χ1) is 4.33. The summed E-state index contributed by atoms with van der Waals surface area (Å²) in [6.45, 7) is 2.83. The minimum absolute atomic E-state index is 0.286. The summed E-state index contributed by atoms with van der Waals surface area (Å²) in [5.74, 6) is 0.286. The summed E-state index contributed by atoms with van der Waals surface area (Å²) < 4.78 is 0. The van der Waals surface area contributed by atoms with Crippen LogP contribution >= 0.6 is 0 Å². The molecule has 0 spiro atoms. The quantitative estimate of drug-likeness (QED) is 0.554. The Hall–Kier alpha value is -0.920. The van der Waals surface area contributed by atoms with Crippen LogP contribution in [0.2, 0.25) is 0 Å². The first kappa shape index (κ1) is 6.20. The number of dihydropyridines is 1. The molecule has 2 heteroatoms. The largest absolute Gasteiger partial charge is 0.495 e. The maximum atomic E-state index is 8.92. The van der Waals surface area contributed by atoms with E-state index in [2.05, 4.69) is 18.3 Å². The van der Waals surface area contributed by atoms with Crippen LogP contribution in [-0.4, -0.2) is 11.7 Å². The molecule has 0 saturated carbocycles. The van der Waals surface area contributed by atoms with E-state index in [4.69, 9.17) is 5.11 Å². The highest BCUT2D eigenvalue weighted by Crippen LogP contribution is 2.06. The molecule has 1 aliphatic rings. The van der Waals surface area contributed by atoms with Crippen LogP contribution in [-0.2, 0) is 0 Å². The zero-order chi connectivity index (χ0) is 6.69. The van der Waals surface area contributed by atoms with Gasteiger partial charge in [0.2, 0.25) is 0 Å². The minimum Gasteiger partial charge on any atom is -0.495 e. The third-order valence-electron chi connectivity index (χ3n) is 1.38. The van der Waals surface area contributed by atoms with Gasteiger partial charge < -0.3 is 10.4 Å². The molecule has 0 saturated heterocycles. The fraction of sp³-hybridized carbons (Fsp3) is 0.429. The molecule has 0 radical (unpaired) electrons. The van der Waals surface area contributed by atoms with Gasteiger partial charge in [-0.05, 0) is 12.0 Å². The lowest BCUT2D eigenvalue weighted by Gasteiger charge is -2.08. The van der Waals surface area contributed by atoms with Gasteiger partial charge in [-0.2, -0.15) is 0 Å². The fourth-order valence-corrected chi connectivity index (χ4v) is 0.819. The Kier molecular flexibility index (Phi) is 1.78. The molecule has 1 heterocycles. The van der Waals surface area contributed by atoms with Crippen LogP contribution in [0.25, 0.3) is 0 Å². The van der Waals surface area contributed by atoms with Gasteiger partial charge >= 0.3 is 0 Å². The van der Waals surface area contributed by atoms with Crippen LogP contribution in [0.1, 0.15) is 13.3 Å². The third kappa shape index (κ3) is 1.49. The molecule has 50 valence electrons. The van der Waals surface area contributed by atoms with Crippen molar-refractivity contribution < 1.29 is 5.11 Å². The standard InChI is InChI=1S/C7H11NO/c1-2-6-3-4-8-7(9)5-6/h3,5,8-9H,2,4H2,1H3. The maximum absolute atomic E-state index is 8.92. The van der Waals surface area contributed by atoms with Crippen LogP contribution in [0, 0.1) is 0 Å². The molecule has 0 aliphatic carbocycles. The monoisotopic (exact) mass is 125 g/mol. The highest BCUT2D eigenvalue weighted by Gasteiger charge is 1.98. The van der Waals surface area contributed by atoms with Crippen LogP contribution in [0.4, 0.5) is 0 Å². The molecule has 9 heavy (non-hydrogen) atoms. The van der Waals surface area contributed by atoms with E-state index in [1.807, 2.05) is 0 Å². The number of hydrogen-bond donors (Lipinski definition) is 2. The van der Waals surface area contributed by atoms with E-state index < -0.39 is 0 Å². The van der Waals surface area contributed by atoms with Crippen molar-refractivity contribution in [3.05, 3.63) is 23.6 Å². The highest BCUT2D eigenvalue weighted by molar-refractivity contribution is 5.23. The predicted octanol–water partition coefficient (Wildman–Crippen LogP) is 1.33. The van der Waals surface area contributed by atoms with E-state index in [9.17, 15) is 0 Å². The van der Waals surface area contributed by atoms with Crippen LogP contribution in [0.3, 0.4) is 0 Å². The predicted molar refractivity (Wildman–Crippen MR) is 37.1 cm³/mol. The van der Waals surface area contributed by atoms with E-state index in [1.165, 1.54) is 5.57 Å². The first-order valence-electron chi connectivity index (χ1n) is 3.16. The fourth-order valence-electron chi connectivity index (χ4n) is 0.819. The average Bonchev–Trinajstić information content (AvgIpc) is 1.88. The van der Waals surface area contributed by atoms with Gasteiger partial charge in [0.05, 0.1) is 0 Å². The summed E-state index contributed by atoms with van der Waals surface area (Å²) >= 11 is 0. The van der Waals surface area contributed by atoms with Crippen LogP contribution < -0.4 is 5.32 Å². The summed E-state index contributed by atoms with van der Waals surface area (Å²) in [6, 6.07) is 0. The van der Waals surface area contributed by atoms with Gasteiger partial charge in [0.15, 0.2) is 5.88 Å².